The summed E-state index contributed by atoms with van der Waals surface area (Å²) >= 11 is 1.93. The van der Waals surface area contributed by atoms with E-state index in [1.54, 1.807) is 0 Å². The van der Waals surface area contributed by atoms with Gasteiger partial charge in [-0.2, -0.15) is 11.8 Å². The van der Waals surface area contributed by atoms with Gasteiger partial charge < -0.3 is 0 Å². The van der Waals surface area contributed by atoms with Gasteiger partial charge in [-0.25, -0.2) is 0 Å². The Morgan fingerprint density at radius 3 is 2.38 bits per heavy atom. The lowest BCUT2D eigenvalue weighted by Gasteiger charge is -2.48. The van der Waals surface area contributed by atoms with Crippen LogP contribution in [-0.2, 0) is 4.79 Å². The fourth-order valence-electron chi connectivity index (χ4n) is 3.03. The van der Waals surface area contributed by atoms with Crippen LogP contribution in [0, 0.1) is 0 Å². The minimum Gasteiger partial charge on any atom is -0.300 e. The Balaban J connectivity index is 2.06. The summed E-state index contributed by atoms with van der Waals surface area (Å²) in [6, 6.07) is 1.10. The average molecular weight is 241 g/mol. The zero-order valence-corrected chi connectivity index (χ0v) is 11.5. The number of hydrogen-bond donors (Lipinski definition) is 0. The van der Waals surface area contributed by atoms with Crippen molar-refractivity contribution in [2.75, 3.05) is 12.8 Å². The summed E-state index contributed by atoms with van der Waals surface area (Å²) in [5.41, 5.74) is 0. The fraction of sp³-hybridized carbons (Fsp3) is 0.923. The number of carbonyl (C=O) groups excluding carboxylic acids is 1. The lowest BCUT2D eigenvalue weighted by Crippen LogP contribution is -2.55. The van der Waals surface area contributed by atoms with Crippen LogP contribution < -0.4 is 0 Å². The van der Waals surface area contributed by atoms with Crippen LogP contribution in [0.15, 0.2) is 0 Å². The van der Waals surface area contributed by atoms with Gasteiger partial charge in [-0.15, -0.1) is 0 Å². The second-order valence-electron chi connectivity index (χ2n) is 5.82. The van der Waals surface area contributed by atoms with Crippen LogP contribution >= 0.6 is 11.8 Å². The molecule has 16 heavy (non-hydrogen) atoms. The summed E-state index contributed by atoms with van der Waals surface area (Å²) in [5.74, 6) is 0.493. The molecule has 0 radical (unpaired) electrons. The molecular formula is C13H23NOS. The molecule has 2 fully saturated rings. The average Bonchev–Trinajstić information content (AvgIpc) is 2.19. The van der Waals surface area contributed by atoms with Gasteiger partial charge in [0.2, 0.25) is 0 Å². The predicted octanol–water partition coefficient (Wildman–Crippen LogP) is 2.71. The van der Waals surface area contributed by atoms with Crippen molar-refractivity contribution < 1.29 is 4.79 Å². The quantitative estimate of drug-likeness (QED) is 0.758. The second-order valence-corrected chi connectivity index (χ2v) is 7.34. The minimum absolute atomic E-state index is 0.314. The Bertz CT molecular complexity index is 261. The smallest absolute Gasteiger partial charge is 0.136 e. The standard InChI is InChI=1S/C13H23NOS/c1-13(2,16-3)9-14-10-5-4-6-11(14)8-12(15)7-10/h10-11H,4-9H2,1-3H3. The van der Waals surface area contributed by atoms with Gasteiger partial charge in [0, 0.05) is 36.2 Å². The number of piperidine rings is 2. The van der Waals surface area contributed by atoms with Crippen molar-refractivity contribution in [1.29, 1.82) is 0 Å². The number of carbonyl (C=O) groups is 1. The third-order valence-corrected chi connectivity index (χ3v) is 5.29. The molecule has 2 aliphatic heterocycles. The predicted molar refractivity (Wildman–Crippen MR) is 70.0 cm³/mol. The fourth-order valence-corrected chi connectivity index (χ4v) is 3.31. The van der Waals surface area contributed by atoms with Crippen molar-refractivity contribution in [3.8, 4) is 0 Å². The molecule has 0 N–H and O–H groups in total. The highest BCUT2D eigenvalue weighted by molar-refractivity contribution is 7.99. The summed E-state index contributed by atoms with van der Waals surface area (Å²) in [7, 11) is 0. The van der Waals surface area contributed by atoms with E-state index < -0.39 is 0 Å². The molecule has 3 heteroatoms. The number of Topliss-reactive ketones (excluding diaryl/α,β-unsaturated/α-hetero) is 1. The number of nitrogens with zero attached hydrogens (tertiary/aromatic N) is 1. The van der Waals surface area contributed by atoms with E-state index in [1.807, 2.05) is 11.8 Å². The Hall–Kier alpha value is -0.0200. The first kappa shape index (κ1) is 12.4. The van der Waals surface area contributed by atoms with Crippen molar-refractivity contribution in [3.63, 3.8) is 0 Å². The SMILES string of the molecule is CSC(C)(C)CN1C2CCCC1CC(=O)C2. The van der Waals surface area contributed by atoms with E-state index >= 15 is 0 Å². The Morgan fingerprint density at radius 2 is 1.88 bits per heavy atom. The van der Waals surface area contributed by atoms with Crippen molar-refractivity contribution in [2.45, 2.75) is 62.8 Å². The van der Waals surface area contributed by atoms with Crippen molar-refractivity contribution in [2.24, 2.45) is 0 Å². The van der Waals surface area contributed by atoms with E-state index in [0.717, 1.165) is 19.4 Å². The zero-order chi connectivity index (χ0) is 11.8. The van der Waals surface area contributed by atoms with E-state index in [1.165, 1.54) is 19.3 Å². The van der Waals surface area contributed by atoms with Gasteiger partial charge in [0.1, 0.15) is 5.78 Å². The van der Waals surface area contributed by atoms with Gasteiger partial charge in [0.05, 0.1) is 0 Å². The van der Waals surface area contributed by atoms with E-state index in [0.29, 0.717) is 22.6 Å². The van der Waals surface area contributed by atoms with Crippen LogP contribution in [-0.4, -0.2) is 40.3 Å². The van der Waals surface area contributed by atoms with E-state index in [4.69, 9.17) is 0 Å². The maximum absolute atomic E-state index is 11.6. The molecule has 0 aliphatic carbocycles. The van der Waals surface area contributed by atoms with E-state index in [2.05, 4.69) is 25.0 Å². The maximum atomic E-state index is 11.6. The molecule has 2 rings (SSSR count). The molecule has 2 saturated heterocycles. The lowest BCUT2D eigenvalue weighted by atomic mass is 9.83. The first-order chi connectivity index (χ1) is 7.52. The third-order valence-electron chi connectivity index (χ3n) is 4.06. The van der Waals surface area contributed by atoms with Crippen molar-refractivity contribution in [3.05, 3.63) is 0 Å². The summed E-state index contributed by atoms with van der Waals surface area (Å²) in [6.07, 6.45) is 7.57. The monoisotopic (exact) mass is 241 g/mol. The topological polar surface area (TPSA) is 20.3 Å². The first-order valence-electron chi connectivity index (χ1n) is 6.34. The van der Waals surface area contributed by atoms with Gasteiger partial charge in [0.15, 0.2) is 0 Å². The Labute approximate surface area is 103 Å². The number of thioether (sulfide) groups is 1. The number of ketones is 1. The Kier molecular flexibility index (Phi) is 3.65. The van der Waals surface area contributed by atoms with Gasteiger partial charge in [-0.3, -0.25) is 9.69 Å². The molecule has 0 spiro atoms. The maximum Gasteiger partial charge on any atom is 0.136 e. The second kappa shape index (κ2) is 4.69. The summed E-state index contributed by atoms with van der Waals surface area (Å²) in [4.78, 5) is 14.3. The van der Waals surface area contributed by atoms with Gasteiger partial charge in [-0.05, 0) is 32.9 Å². The van der Waals surface area contributed by atoms with Crippen LogP contribution in [0.25, 0.3) is 0 Å². The summed E-state index contributed by atoms with van der Waals surface area (Å²) < 4.78 is 0.314. The van der Waals surface area contributed by atoms with E-state index in [-0.39, 0.29) is 0 Å². The summed E-state index contributed by atoms with van der Waals surface area (Å²) in [5, 5.41) is 0. The molecule has 0 saturated carbocycles. The molecule has 2 nitrogen and oxygen atoms in total. The Morgan fingerprint density at radius 1 is 1.31 bits per heavy atom. The van der Waals surface area contributed by atoms with Gasteiger partial charge in [0.25, 0.3) is 0 Å². The van der Waals surface area contributed by atoms with Crippen molar-refractivity contribution in [1.82, 2.24) is 4.90 Å². The summed E-state index contributed by atoms with van der Waals surface area (Å²) in [6.45, 7) is 5.75. The third kappa shape index (κ3) is 2.62. The van der Waals surface area contributed by atoms with Crippen LogP contribution in [0.1, 0.15) is 46.0 Å². The number of fused-ring (bicyclic) bond motifs is 2. The zero-order valence-electron chi connectivity index (χ0n) is 10.7. The molecule has 2 aliphatic rings. The van der Waals surface area contributed by atoms with Crippen LogP contribution in [0.2, 0.25) is 0 Å². The molecule has 2 heterocycles. The first-order valence-corrected chi connectivity index (χ1v) is 7.57. The molecule has 0 amide bonds. The van der Waals surface area contributed by atoms with Gasteiger partial charge in [-0.1, -0.05) is 6.42 Å². The molecule has 0 aromatic heterocycles. The molecular weight excluding hydrogens is 218 g/mol. The van der Waals surface area contributed by atoms with Crippen LogP contribution in [0.5, 0.6) is 0 Å². The van der Waals surface area contributed by atoms with E-state index in [9.17, 15) is 4.79 Å². The van der Waals surface area contributed by atoms with Crippen molar-refractivity contribution >= 4 is 17.5 Å². The van der Waals surface area contributed by atoms with Crippen LogP contribution in [0.3, 0.4) is 0 Å². The number of hydrogen-bond acceptors (Lipinski definition) is 3. The highest BCUT2D eigenvalue weighted by atomic mass is 32.2. The molecule has 92 valence electrons. The highest BCUT2D eigenvalue weighted by Crippen LogP contribution is 2.35. The van der Waals surface area contributed by atoms with Gasteiger partial charge >= 0.3 is 0 Å². The largest absolute Gasteiger partial charge is 0.300 e. The highest BCUT2D eigenvalue weighted by Gasteiger charge is 2.39. The molecule has 2 unspecified atom stereocenters. The molecule has 2 bridgehead atoms. The minimum atomic E-state index is 0.314. The lowest BCUT2D eigenvalue weighted by molar-refractivity contribution is -0.127. The van der Waals surface area contributed by atoms with Crippen LogP contribution in [0.4, 0.5) is 0 Å². The molecule has 0 aromatic rings. The molecule has 2 atom stereocenters. The normalized spacial score (nSPS) is 31.8. The molecule has 0 aromatic carbocycles. The number of rotatable bonds is 3.